The van der Waals surface area contributed by atoms with Crippen molar-refractivity contribution in [1.29, 1.82) is 0 Å². The minimum atomic E-state index is -0.663. The number of aryl methyl sites for hydroxylation is 1. The Kier molecular flexibility index (Phi) is 7.07. The number of quaternary nitrogens is 1. The third-order valence-corrected chi connectivity index (χ3v) is 5.96. The Labute approximate surface area is 183 Å². The summed E-state index contributed by atoms with van der Waals surface area (Å²) in [7, 11) is 1.57. The van der Waals surface area contributed by atoms with Crippen LogP contribution in [-0.2, 0) is 9.59 Å². The van der Waals surface area contributed by atoms with Gasteiger partial charge in [0.05, 0.1) is 44.9 Å². The highest BCUT2D eigenvalue weighted by Gasteiger charge is 2.46. The lowest BCUT2D eigenvalue weighted by molar-refractivity contribution is -0.895. The summed E-state index contributed by atoms with van der Waals surface area (Å²) in [5, 5.41) is 11.2. The van der Waals surface area contributed by atoms with Gasteiger partial charge >= 0.3 is 0 Å². The molecule has 1 aromatic carbocycles. The molecule has 7 nitrogen and oxygen atoms in total. The van der Waals surface area contributed by atoms with Crippen LogP contribution in [0.15, 0.2) is 48.3 Å². The van der Waals surface area contributed by atoms with E-state index in [9.17, 15) is 14.7 Å². The number of aliphatic hydroxyl groups excluding tert-OH is 1. The highest BCUT2D eigenvalue weighted by atomic mass is 16.5. The van der Waals surface area contributed by atoms with Crippen LogP contribution in [0.3, 0.4) is 0 Å². The van der Waals surface area contributed by atoms with Crippen LogP contribution in [0.4, 0.5) is 0 Å². The molecular weight excluding hydrogens is 394 g/mol. The minimum Gasteiger partial charge on any atom is -0.507 e. The molecule has 1 aliphatic rings. The molecule has 2 aromatic rings. The SMILES string of the molecule is CC[NH+](CC)CCN1C(=O)C(=O)/C(=C(/O)c2ccc(OC)cc2C)[C@@H]1c1ccncc1. The largest absolute Gasteiger partial charge is 0.507 e. The van der Waals surface area contributed by atoms with Crippen molar-refractivity contribution in [2.75, 3.05) is 33.3 Å². The predicted octanol–water partition coefficient (Wildman–Crippen LogP) is 1.75. The van der Waals surface area contributed by atoms with Crippen LogP contribution in [0, 0.1) is 6.92 Å². The van der Waals surface area contributed by atoms with E-state index < -0.39 is 17.7 Å². The smallest absolute Gasteiger partial charge is 0.295 e. The van der Waals surface area contributed by atoms with Gasteiger partial charge in [-0.05, 0) is 62.2 Å². The Balaban J connectivity index is 2.10. The van der Waals surface area contributed by atoms with Crippen molar-refractivity contribution in [3.8, 4) is 5.75 Å². The first kappa shape index (κ1) is 22.5. The van der Waals surface area contributed by atoms with Crippen LogP contribution in [0.1, 0.15) is 36.6 Å². The lowest BCUT2D eigenvalue weighted by Gasteiger charge is -2.26. The molecule has 31 heavy (non-hydrogen) atoms. The maximum Gasteiger partial charge on any atom is 0.295 e. The van der Waals surface area contributed by atoms with Crippen LogP contribution in [-0.4, -0.2) is 60.0 Å². The molecule has 0 spiro atoms. The maximum absolute atomic E-state index is 13.1. The van der Waals surface area contributed by atoms with Crippen LogP contribution in [0.5, 0.6) is 5.75 Å². The fourth-order valence-corrected chi connectivity index (χ4v) is 4.06. The molecule has 1 aromatic heterocycles. The summed E-state index contributed by atoms with van der Waals surface area (Å²) in [5.74, 6) is -0.759. The lowest BCUT2D eigenvalue weighted by Crippen LogP contribution is -3.12. The fourth-order valence-electron chi connectivity index (χ4n) is 4.06. The zero-order valence-corrected chi connectivity index (χ0v) is 18.5. The molecule has 3 rings (SSSR count). The number of aromatic nitrogens is 1. The Bertz CT molecular complexity index is 984. The molecule has 0 aliphatic carbocycles. The van der Waals surface area contributed by atoms with Gasteiger partial charge in [-0.25, -0.2) is 0 Å². The van der Waals surface area contributed by atoms with Crippen molar-refractivity contribution in [1.82, 2.24) is 9.88 Å². The zero-order chi connectivity index (χ0) is 22.5. The monoisotopic (exact) mass is 424 g/mol. The topological polar surface area (TPSA) is 84.2 Å². The number of likely N-dealkylation sites (tertiary alicyclic amines) is 1. The molecule has 1 amide bonds. The van der Waals surface area contributed by atoms with Crippen molar-refractivity contribution in [2.45, 2.75) is 26.8 Å². The molecule has 164 valence electrons. The molecule has 0 radical (unpaired) electrons. The minimum absolute atomic E-state index is 0.110. The van der Waals surface area contributed by atoms with E-state index in [2.05, 4.69) is 18.8 Å². The van der Waals surface area contributed by atoms with E-state index >= 15 is 0 Å². The Morgan fingerprint density at radius 2 is 1.84 bits per heavy atom. The first-order valence-corrected chi connectivity index (χ1v) is 10.6. The number of aliphatic hydroxyl groups is 1. The molecule has 0 unspecified atom stereocenters. The van der Waals surface area contributed by atoms with Crippen LogP contribution >= 0.6 is 0 Å². The summed E-state index contributed by atoms with van der Waals surface area (Å²) in [6, 6.07) is 8.13. The van der Waals surface area contributed by atoms with Gasteiger partial charge in [0.15, 0.2) is 0 Å². The van der Waals surface area contributed by atoms with Gasteiger partial charge in [-0.2, -0.15) is 0 Å². The van der Waals surface area contributed by atoms with Crippen molar-refractivity contribution in [2.24, 2.45) is 0 Å². The number of hydrogen-bond acceptors (Lipinski definition) is 5. The number of carbonyl (C=O) groups is 2. The maximum atomic E-state index is 13.1. The van der Waals surface area contributed by atoms with E-state index in [1.807, 2.05) is 6.92 Å². The second kappa shape index (κ2) is 9.75. The predicted molar refractivity (Wildman–Crippen MR) is 118 cm³/mol. The van der Waals surface area contributed by atoms with Gasteiger partial charge in [0, 0.05) is 18.0 Å². The zero-order valence-electron chi connectivity index (χ0n) is 18.5. The molecule has 1 saturated heterocycles. The van der Waals surface area contributed by atoms with Gasteiger partial charge in [0.2, 0.25) is 0 Å². The van der Waals surface area contributed by atoms with E-state index in [0.29, 0.717) is 17.9 Å². The number of methoxy groups -OCH3 is 1. The number of rotatable bonds is 8. The number of likely N-dealkylation sites (N-methyl/N-ethyl adjacent to an activating group) is 1. The van der Waals surface area contributed by atoms with Crippen molar-refractivity contribution >= 4 is 17.4 Å². The van der Waals surface area contributed by atoms with Crippen LogP contribution < -0.4 is 9.64 Å². The van der Waals surface area contributed by atoms with Gasteiger partial charge < -0.3 is 19.6 Å². The van der Waals surface area contributed by atoms with Gasteiger partial charge in [-0.1, -0.05) is 0 Å². The molecule has 7 heteroatoms. The Hall–Kier alpha value is -3.19. The molecular formula is C24H30N3O4+. The number of nitrogens with one attached hydrogen (secondary N) is 1. The van der Waals surface area contributed by atoms with E-state index in [-0.39, 0.29) is 11.3 Å². The number of pyridine rings is 1. The number of ether oxygens (including phenoxy) is 1. The second-order valence-corrected chi connectivity index (χ2v) is 7.66. The number of nitrogens with zero attached hydrogens (tertiary/aromatic N) is 2. The number of benzene rings is 1. The first-order chi connectivity index (χ1) is 14.9. The Morgan fingerprint density at radius 3 is 2.42 bits per heavy atom. The molecule has 1 atom stereocenters. The van der Waals surface area contributed by atoms with Crippen molar-refractivity contribution < 1.29 is 24.3 Å². The summed E-state index contributed by atoms with van der Waals surface area (Å²) >= 11 is 0. The van der Waals surface area contributed by atoms with E-state index in [1.165, 1.54) is 4.90 Å². The third kappa shape index (κ3) is 4.46. The molecule has 1 aliphatic heterocycles. The second-order valence-electron chi connectivity index (χ2n) is 7.66. The molecule has 2 N–H and O–H groups in total. The van der Waals surface area contributed by atoms with E-state index in [4.69, 9.17) is 4.74 Å². The van der Waals surface area contributed by atoms with Crippen LogP contribution in [0.2, 0.25) is 0 Å². The summed E-state index contributed by atoms with van der Waals surface area (Å²) in [6.07, 6.45) is 3.26. The summed E-state index contributed by atoms with van der Waals surface area (Å²) in [5.41, 5.74) is 2.12. The lowest BCUT2D eigenvalue weighted by atomic mass is 9.94. The normalized spacial score (nSPS) is 18.1. The van der Waals surface area contributed by atoms with Crippen molar-refractivity contribution in [3.05, 3.63) is 65.0 Å². The highest BCUT2D eigenvalue weighted by molar-refractivity contribution is 6.46. The number of Topliss-reactive ketones (excluding diaryl/α,β-unsaturated/α-hetero) is 1. The number of ketones is 1. The number of carbonyl (C=O) groups excluding carboxylic acids is 2. The average molecular weight is 425 g/mol. The molecule has 1 fully saturated rings. The van der Waals surface area contributed by atoms with Crippen LogP contribution in [0.25, 0.3) is 5.76 Å². The standard InChI is InChI=1S/C24H29N3O4/c1-5-26(6-2)13-14-27-21(17-9-11-25-12-10-17)20(23(29)24(27)30)22(28)19-8-7-18(31-4)15-16(19)3/h7-12,15,21,28H,5-6,13-14H2,1-4H3/p+1/b22-20+/t21-/m0/s1. The number of amides is 1. The number of hydrogen-bond donors (Lipinski definition) is 2. The van der Waals surface area contributed by atoms with E-state index in [0.717, 1.165) is 30.8 Å². The third-order valence-electron chi connectivity index (χ3n) is 5.96. The summed E-state index contributed by atoms with van der Waals surface area (Å²) < 4.78 is 5.24. The van der Waals surface area contributed by atoms with Gasteiger partial charge in [0.1, 0.15) is 11.5 Å². The van der Waals surface area contributed by atoms with Crippen molar-refractivity contribution in [3.63, 3.8) is 0 Å². The van der Waals surface area contributed by atoms with Gasteiger partial charge in [0.25, 0.3) is 11.7 Å². The fraction of sp³-hybridized carbons (Fsp3) is 0.375. The molecule has 0 saturated carbocycles. The molecule has 0 bridgehead atoms. The summed E-state index contributed by atoms with van der Waals surface area (Å²) in [4.78, 5) is 33.0. The first-order valence-electron chi connectivity index (χ1n) is 10.6. The van der Waals surface area contributed by atoms with Gasteiger partial charge in [-0.3, -0.25) is 14.6 Å². The molecule has 2 heterocycles. The highest BCUT2D eigenvalue weighted by Crippen LogP contribution is 2.39. The average Bonchev–Trinajstić information content (AvgIpc) is 3.04. The summed E-state index contributed by atoms with van der Waals surface area (Å²) in [6.45, 7) is 9.05. The van der Waals surface area contributed by atoms with Gasteiger partial charge in [-0.15, -0.1) is 0 Å². The van der Waals surface area contributed by atoms with E-state index in [1.54, 1.807) is 54.7 Å². The Morgan fingerprint density at radius 1 is 1.16 bits per heavy atom. The quantitative estimate of drug-likeness (QED) is 0.383.